The Labute approximate surface area is 225 Å². The summed E-state index contributed by atoms with van der Waals surface area (Å²) >= 11 is 0. The Morgan fingerprint density at radius 3 is 1.95 bits per heavy atom. The fourth-order valence-corrected chi connectivity index (χ4v) is 6.33. The van der Waals surface area contributed by atoms with Gasteiger partial charge in [-0.1, -0.05) is 110 Å². The molecular formula is C34H36O4. The van der Waals surface area contributed by atoms with E-state index in [-0.39, 0.29) is 23.9 Å². The first-order valence-electron chi connectivity index (χ1n) is 13.5. The molecule has 0 amide bonds. The summed E-state index contributed by atoms with van der Waals surface area (Å²) < 4.78 is 12.4. The summed E-state index contributed by atoms with van der Waals surface area (Å²) in [6.45, 7) is 8.65. The number of fused-ring (bicyclic) bond motifs is 1. The molecule has 196 valence electrons. The van der Waals surface area contributed by atoms with E-state index in [1.54, 1.807) is 0 Å². The average Bonchev–Trinajstić information content (AvgIpc) is 3.23. The van der Waals surface area contributed by atoms with Crippen molar-refractivity contribution < 1.29 is 19.4 Å². The Bertz CT molecular complexity index is 1200. The van der Waals surface area contributed by atoms with Crippen molar-refractivity contribution in [3.8, 4) is 0 Å². The third kappa shape index (κ3) is 4.75. The number of hydrogen-bond acceptors (Lipinski definition) is 4. The van der Waals surface area contributed by atoms with Crippen LogP contribution < -0.4 is 0 Å². The van der Waals surface area contributed by atoms with Crippen molar-refractivity contribution in [1.29, 1.82) is 0 Å². The van der Waals surface area contributed by atoms with Crippen molar-refractivity contribution in [3.63, 3.8) is 0 Å². The zero-order valence-electron chi connectivity index (χ0n) is 22.2. The second-order valence-corrected chi connectivity index (χ2v) is 10.6. The maximum atomic E-state index is 12.1. The van der Waals surface area contributed by atoms with Crippen molar-refractivity contribution in [1.82, 2.24) is 0 Å². The summed E-state index contributed by atoms with van der Waals surface area (Å²) in [5.74, 6) is -0.576. The third-order valence-corrected chi connectivity index (χ3v) is 8.15. The monoisotopic (exact) mass is 508 g/mol. The first kappa shape index (κ1) is 26.1. The van der Waals surface area contributed by atoms with E-state index < -0.39 is 11.7 Å². The van der Waals surface area contributed by atoms with Gasteiger partial charge in [0.25, 0.3) is 0 Å². The Morgan fingerprint density at radius 1 is 0.947 bits per heavy atom. The predicted molar refractivity (Wildman–Crippen MR) is 149 cm³/mol. The maximum absolute atomic E-state index is 12.1. The smallest absolute Gasteiger partial charge is 0.334 e. The van der Waals surface area contributed by atoms with Crippen LogP contribution in [-0.2, 0) is 19.9 Å². The molecule has 0 bridgehead atoms. The predicted octanol–water partition coefficient (Wildman–Crippen LogP) is 6.59. The number of aliphatic hydroxyl groups is 1. The fourth-order valence-electron chi connectivity index (χ4n) is 6.33. The molecule has 0 saturated carbocycles. The second-order valence-electron chi connectivity index (χ2n) is 10.6. The molecule has 1 saturated heterocycles. The van der Waals surface area contributed by atoms with E-state index >= 15 is 0 Å². The van der Waals surface area contributed by atoms with E-state index in [2.05, 4.69) is 86.3 Å². The van der Waals surface area contributed by atoms with Gasteiger partial charge in [-0.2, -0.15) is 0 Å². The van der Waals surface area contributed by atoms with Crippen molar-refractivity contribution in [2.75, 3.05) is 6.61 Å². The number of carbonyl (C=O) groups is 1. The molecule has 1 N–H and O–H groups in total. The molecule has 38 heavy (non-hydrogen) atoms. The zero-order valence-corrected chi connectivity index (χ0v) is 22.2. The Balaban J connectivity index is 1.36. The molecule has 4 nitrogen and oxygen atoms in total. The van der Waals surface area contributed by atoms with Crippen LogP contribution in [0.25, 0.3) is 0 Å². The first-order chi connectivity index (χ1) is 18.4. The van der Waals surface area contributed by atoms with Crippen molar-refractivity contribution in [2.24, 2.45) is 11.8 Å². The van der Waals surface area contributed by atoms with E-state index in [1.807, 2.05) is 25.1 Å². The second kappa shape index (κ2) is 11.1. The molecule has 1 aliphatic heterocycles. The highest BCUT2D eigenvalue weighted by molar-refractivity contribution is 5.91. The van der Waals surface area contributed by atoms with E-state index in [9.17, 15) is 9.90 Å². The lowest BCUT2D eigenvalue weighted by Gasteiger charge is -2.37. The number of aliphatic hydroxyl groups excluding tert-OH is 1. The summed E-state index contributed by atoms with van der Waals surface area (Å²) in [6.07, 6.45) is 1.30. The Morgan fingerprint density at radius 2 is 1.45 bits per heavy atom. The van der Waals surface area contributed by atoms with Crippen LogP contribution in [0.3, 0.4) is 0 Å². The highest BCUT2D eigenvalue weighted by Crippen LogP contribution is 2.44. The molecule has 3 aromatic carbocycles. The summed E-state index contributed by atoms with van der Waals surface area (Å²) in [5, 5.41) is 11.2. The van der Waals surface area contributed by atoms with Gasteiger partial charge in [0.15, 0.2) is 0 Å². The summed E-state index contributed by atoms with van der Waals surface area (Å²) in [7, 11) is 0. The molecule has 0 radical (unpaired) electrons. The number of esters is 1. The lowest BCUT2D eigenvalue weighted by atomic mass is 9.73. The minimum absolute atomic E-state index is 0.151. The molecule has 1 aliphatic carbocycles. The largest absolute Gasteiger partial charge is 0.458 e. The molecule has 3 aromatic rings. The Kier molecular flexibility index (Phi) is 7.64. The topological polar surface area (TPSA) is 55.8 Å². The molecule has 4 heteroatoms. The van der Waals surface area contributed by atoms with Crippen LogP contribution in [0.15, 0.2) is 114 Å². The molecule has 0 spiro atoms. The number of ether oxygens (including phenoxy) is 2. The van der Waals surface area contributed by atoms with Gasteiger partial charge in [0.1, 0.15) is 11.7 Å². The quantitative estimate of drug-likeness (QED) is 0.116. The van der Waals surface area contributed by atoms with Gasteiger partial charge in [0, 0.05) is 18.6 Å². The minimum Gasteiger partial charge on any atom is -0.458 e. The van der Waals surface area contributed by atoms with Crippen LogP contribution in [0.4, 0.5) is 0 Å². The summed E-state index contributed by atoms with van der Waals surface area (Å²) in [5.41, 5.74) is 5.04. The highest BCUT2D eigenvalue weighted by atomic mass is 16.6. The van der Waals surface area contributed by atoms with Gasteiger partial charge < -0.3 is 14.6 Å². The van der Waals surface area contributed by atoms with E-state index in [4.69, 9.17) is 9.47 Å². The lowest BCUT2D eigenvalue weighted by molar-refractivity contribution is -0.139. The lowest BCUT2D eigenvalue weighted by Crippen LogP contribution is -2.37. The normalized spacial score (nSPS) is 22.2. The average molecular weight is 509 g/mol. The summed E-state index contributed by atoms with van der Waals surface area (Å²) in [4.78, 5) is 12.1. The number of hydrogen-bond donors (Lipinski definition) is 1. The van der Waals surface area contributed by atoms with Crippen LogP contribution in [0.2, 0.25) is 0 Å². The standard InChI is InChI=1S/C34H36O4/c1-23(30-24(2)22-29-31(32(30)35)25(3)33(36)38-29)14-13-21-37-34(26-15-7-4-8-16-26,27-17-9-5-10-18-27)28-19-11-6-12-20-28/h4-12,15-20,23,29,31-32,35H,3,13-14,21-22H2,1-2H3/t23-,29+,31+,32+/m0/s1. The van der Waals surface area contributed by atoms with E-state index in [0.29, 0.717) is 18.6 Å². The van der Waals surface area contributed by atoms with E-state index in [0.717, 1.165) is 40.7 Å². The van der Waals surface area contributed by atoms with Crippen molar-refractivity contribution in [3.05, 3.63) is 131 Å². The van der Waals surface area contributed by atoms with Gasteiger partial charge in [-0.25, -0.2) is 4.79 Å². The maximum Gasteiger partial charge on any atom is 0.334 e. The molecule has 2 aliphatic rings. The third-order valence-electron chi connectivity index (χ3n) is 8.15. The van der Waals surface area contributed by atoms with Crippen LogP contribution in [0.5, 0.6) is 0 Å². The SMILES string of the molecule is C=C1C(=O)O[C@@H]2CC(C)=C([C@@H](C)CCCOC(c3ccccc3)(c3ccccc3)c3ccccc3)[C@@H](O)[C@H]12. The highest BCUT2D eigenvalue weighted by Gasteiger charge is 2.47. The van der Waals surface area contributed by atoms with Gasteiger partial charge in [-0.3, -0.25) is 0 Å². The van der Waals surface area contributed by atoms with Crippen LogP contribution in [-0.4, -0.2) is 29.9 Å². The fraction of sp³-hybridized carbons (Fsp3) is 0.324. The molecule has 0 unspecified atom stereocenters. The molecule has 5 rings (SSSR count). The van der Waals surface area contributed by atoms with Crippen molar-refractivity contribution >= 4 is 5.97 Å². The van der Waals surface area contributed by atoms with Gasteiger partial charge in [-0.15, -0.1) is 0 Å². The summed E-state index contributed by atoms with van der Waals surface area (Å²) in [6, 6.07) is 31.2. The van der Waals surface area contributed by atoms with Gasteiger partial charge in [0.05, 0.1) is 12.0 Å². The first-order valence-corrected chi connectivity index (χ1v) is 13.5. The van der Waals surface area contributed by atoms with Gasteiger partial charge in [-0.05, 0) is 47.9 Å². The molecule has 4 atom stereocenters. The molecule has 0 aromatic heterocycles. The number of rotatable bonds is 9. The minimum atomic E-state index is -0.737. The molecule has 1 fully saturated rings. The van der Waals surface area contributed by atoms with Crippen molar-refractivity contribution in [2.45, 2.75) is 50.9 Å². The molecular weight excluding hydrogens is 472 g/mol. The van der Waals surface area contributed by atoms with E-state index in [1.165, 1.54) is 0 Å². The van der Waals surface area contributed by atoms with Crippen LogP contribution in [0.1, 0.15) is 49.8 Å². The van der Waals surface area contributed by atoms with Gasteiger partial charge in [0.2, 0.25) is 0 Å². The van der Waals surface area contributed by atoms with Gasteiger partial charge >= 0.3 is 5.97 Å². The van der Waals surface area contributed by atoms with Crippen LogP contribution in [0, 0.1) is 11.8 Å². The Hall–Kier alpha value is -3.47. The number of carbonyl (C=O) groups excluding carboxylic acids is 1. The number of benzene rings is 3. The zero-order chi connectivity index (χ0) is 26.7. The molecule has 1 heterocycles. The van der Waals surface area contributed by atoms with Crippen LogP contribution >= 0.6 is 0 Å².